The fourth-order valence-electron chi connectivity index (χ4n) is 4.32. The van der Waals surface area contributed by atoms with Gasteiger partial charge in [0.2, 0.25) is 5.91 Å². The van der Waals surface area contributed by atoms with E-state index in [1.165, 1.54) is 5.56 Å². The van der Waals surface area contributed by atoms with E-state index in [-0.39, 0.29) is 11.3 Å². The Morgan fingerprint density at radius 3 is 2.58 bits per heavy atom. The number of alkyl halides is 3. The number of halogens is 3. The van der Waals surface area contributed by atoms with Gasteiger partial charge < -0.3 is 9.80 Å². The van der Waals surface area contributed by atoms with Crippen molar-refractivity contribution in [1.29, 1.82) is 0 Å². The highest BCUT2D eigenvalue weighted by atomic mass is 19.4. The van der Waals surface area contributed by atoms with Crippen molar-refractivity contribution in [3.8, 4) is 0 Å². The van der Waals surface area contributed by atoms with Crippen molar-refractivity contribution in [3.05, 3.63) is 35.9 Å². The van der Waals surface area contributed by atoms with Crippen molar-refractivity contribution in [2.24, 2.45) is 5.41 Å². The summed E-state index contributed by atoms with van der Waals surface area (Å²) in [5.41, 5.74) is 1.39. The van der Waals surface area contributed by atoms with Crippen LogP contribution < -0.4 is 0 Å². The Kier molecular flexibility index (Phi) is 5.90. The lowest BCUT2D eigenvalue weighted by Crippen LogP contribution is -2.46. The third-order valence-corrected chi connectivity index (χ3v) is 5.71. The molecule has 0 bridgehead atoms. The molecule has 0 radical (unpaired) electrons. The van der Waals surface area contributed by atoms with E-state index in [9.17, 15) is 18.0 Å². The maximum atomic E-state index is 12.3. The van der Waals surface area contributed by atoms with E-state index in [4.69, 9.17) is 0 Å². The zero-order valence-corrected chi connectivity index (χ0v) is 15.1. The van der Waals surface area contributed by atoms with Crippen LogP contribution in [0.3, 0.4) is 0 Å². The van der Waals surface area contributed by atoms with Crippen LogP contribution in [-0.4, -0.2) is 54.6 Å². The van der Waals surface area contributed by atoms with E-state index in [1.807, 2.05) is 6.07 Å². The summed E-state index contributed by atoms with van der Waals surface area (Å²) in [6.07, 6.45) is -1.61. The number of carbonyl (C=O) groups is 1. The molecule has 3 nitrogen and oxygen atoms in total. The first kappa shape index (κ1) is 19.2. The van der Waals surface area contributed by atoms with Crippen LogP contribution in [0.4, 0.5) is 13.2 Å². The summed E-state index contributed by atoms with van der Waals surface area (Å²) in [5.74, 6) is -0.347. The predicted octanol–water partition coefficient (Wildman–Crippen LogP) is 3.89. The summed E-state index contributed by atoms with van der Waals surface area (Å²) in [6, 6.07) is 10.4. The molecule has 0 N–H and O–H groups in total. The quantitative estimate of drug-likeness (QED) is 0.787. The predicted molar refractivity (Wildman–Crippen MR) is 94.7 cm³/mol. The van der Waals surface area contributed by atoms with Crippen molar-refractivity contribution >= 4 is 5.91 Å². The first-order valence-electron chi connectivity index (χ1n) is 9.46. The molecule has 144 valence electrons. The average molecular weight is 368 g/mol. The van der Waals surface area contributed by atoms with Gasteiger partial charge in [0, 0.05) is 38.0 Å². The Bertz CT molecular complexity index is 605. The summed E-state index contributed by atoms with van der Waals surface area (Å²) in [4.78, 5) is 16.2. The second kappa shape index (κ2) is 7.99. The van der Waals surface area contributed by atoms with E-state index in [1.54, 1.807) is 4.90 Å². The SMILES string of the molecule is O=C(CCC(F)(F)F)N1CC[C@]2(CCCN(CCc3ccccc3)C2)C1. The molecule has 1 aromatic rings. The van der Waals surface area contributed by atoms with Gasteiger partial charge in [-0.2, -0.15) is 13.2 Å². The van der Waals surface area contributed by atoms with Crippen molar-refractivity contribution in [3.63, 3.8) is 0 Å². The highest BCUT2D eigenvalue weighted by Gasteiger charge is 2.43. The van der Waals surface area contributed by atoms with Gasteiger partial charge in [0.1, 0.15) is 0 Å². The molecule has 0 saturated carbocycles. The van der Waals surface area contributed by atoms with Gasteiger partial charge in [-0.05, 0) is 37.8 Å². The smallest absolute Gasteiger partial charge is 0.342 e. The van der Waals surface area contributed by atoms with Crippen LogP contribution in [0.2, 0.25) is 0 Å². The monoisotopic (exact) mass is 368 g/mol. The summed E-state index contributed by atoms with van der Waals surface area (Å²) in [6.45, 7) is 4.22. The molecule has 1 spiro atoms. The topological polar surface area (TPSA) is 23.6 Å². The van der Waals surface area contributed by atoms with Gasteiger partial charge in [-0.25, -0.2) is 0 Å². The lowest BCUT2D eigenvalue weighted by Gasteiger charge is -2.40. The van der Waals surface area contributed by atoms with Crippen LogP contribution in [0, 0.1) is 5.41 Å². The molecule has 1 aromatic carbocycles. The van der Waals surface area contributed by atoms with Crippen molar-refractivity contribution in [2.75, 3.05) is 32.7 Å². The Balaban J connectivity index is 1.50. The number of hydrogen-bond donors (Lipinski definition) is 0. The molecule has 2 aliphatic heterocycles. The Hall–Kier alpha value is -1.56. The van der Waals surface area contributed by atoms with Crippen LogP contribution >= 0.6 is 0 Å². The van der Waals surface area contributed by atoms with Gasteiger partial charge in [0.15, 0.2) is 0 Å². The van der Waals surface area contributed by atoms with Crippen LogP contribution in [0.15, 0.2) is 30.3 Å². The number of piperidine rings is 1. The van der Waals surface area contributed by atoms with Crippen molar-refractivity contribution in [2.45, 2.75) is 44.7 Å². The average Bonchev–Trinajstić information content (AvgIpc) is 3.01. The maximum Gasteiger partial charge on any atom is 0.389 e. The molecule has 6 heteroatoms. The van der Waals surface area contributed by atoms with Crippen molar-refractivity contribution < 1.29 is 18.0 Å². The van der Waals surface area contributed by atoms with E-state index in [2.05, 4.69) is 29.2 Å². The summed E-state index contributed by atoms with van der Waals surface area (Å²) in [7, 11) is 0. The normalized spacial score (nSPS) is 24.3. The van der Waals surface area contributed by atoms with Crippen molar-refractivity contribution in [1.82, 2.24) is 9.80 Å². The minimum absolute atomic E-state index is 0.0723. The lowest BCUT2D eigenvalue weighted by molar-refractivity contribution is -0.148. The fourth-order valence-corrected chi connectivity index (χ4v) is 4.32. The second-order valence-electron chi connectivity index (χ2n) is 7.80. The molecule has 0 aromatic heterocycles. The van der Waals surface area contributed by atoms with Gasteiger partial charge in [-0.3, -0.25) is 4.79 Å². The minimum Gasteiger partial charge on any atom is -0.342 e. The highest BCUT2D eigenvalue weighted by Crippen LogP contribution is 2.39. The van der Waals surface area contributed by atoms with E-state index >= 15 is 0 Å². The van der Waals surface area contributed by atoms with Gasteiger partial charge in [0.25, 0.3) is 0 Å². The molecule has 2 heterocycles. The molecule has 26 heavy (non-hydrogen) atoms. The first-order chi connectivity index (χ1) is 12.4. The van der Waals surface area contributed by atoms with Gasteiger partial charge in [-0.1, -0.05) is 30.3 Å². The van der Waals surface area contributed by atoms with E-state index in [0.29, 0.717) is 13.1 Å². The standard InChI is InChI=1S/C20H27F3N2O/c21-20(22,23)10-7-18(26)25-14-11-19(16-25)9-4-12-24(15-19)13-8-17-5-2-1-3-6-17/h1-3,5-6H,4,7-16H2/t19-/m0/s1. The van der Waals surface area contributed by atoms with Gasteiger partial charge >= 0.3 is 6.18 Å². The maximum absolute atomic E-state index is 12.3. The van der Waals surface area contributed by atoms with Crippen LogP contribution in [0.1, 0.15) is 37.7 Å². The molecular weight excluding hydrogens is 341 g/mol. The molecule has 3 rings (SSSR count). The molecule has 1 amide bonds. The zero-order valence-electron chi connectivity index (χ0n) is 15.1. The molecule has 0 aliphatic carbocycles. The summed E-state index contributed by atoms with van der Waals surface area (Å²) in [5, 5.41) is 0. The number of hydrogen-bond acceptors (Lipinski definition) is 2. The Labute approximate surface area is 153 Å². The fraction of sp³-hybridized carbons (Fsp3) is 0.650. The molecule has 2 aliphatic rings. The van der Waals surface area contributed by atoms with Gasteiger partial charge in [0.05, 0.1) is 6.42 Å². The summed E-state index contributed by atoms with van der Waals surface area (Å²) < 4.78 is 37.0. The van der Waals surface area contributed by atoms with Crippen LogP contribution in [-0.2, 0) is 11.2 Å². The lowest BCUT2D eigenvalue weighted by atomic mass is 9.79. The number of benzene rings is 1. The van der Waals surface area contributed by atoms with E-state index < -0.39 is 19.0 Å². The van der Waals surface area contributed by atoms with Gasteiger partial charge in [-0.15, -0.1) is 0 Å². The number of amides is 1. The third-order valence-electron chi connectivity index (χ3n) is 5.71. The minimum atomic E-state index is -4.26. The molecule has 2 saturated heterocycles. The Morgan fingerprint density at radius 2 is 1.85 bits per heavy atom. The zero-order chi connectivity index (χ0) is 18.6. The summed E-state index contributed by atoms with van der Waals surface area (Å²) >= 11 is 0. The highest BCUT2D eigenvalue weighted by molar-refractivity contribution is 5.76. The molecule has 0 unspecified atom stereocenters. The molecule has 2 fully saturated rings. The molecule has 1 atom stereocenters. The number of likely N-dealkylation sites (tertiary alicyclic amines) is 2. The second-order valence-corrected chi connectivity index (χ2v) is 7.80. The van der Waals surface area contributed by atoms with E-state index in [0.717, 1.165) is 45.3 Å². The number of rotatable bonds is 5. The third kappa shape index (κ3) is 5.22. The number of nitrogens with zero attached hydrogens (tertiary/aromatic N) is 2. The first-order valence-corrected chi connectivity index (χ1v) is 9.46. The largest absolute Gasteiger partial charge is 0.389 e. The Morgan fingerprint density at radius 1 is 1.08 bits per heavy atom. The molecular formula is C20H27F3N2O. The van der Waals surface area contributed by atoms with Crippen LogP contribution in [0.5, 0.6) is 0 Å². The van der Waals surface area contributed by atoms with Crippen LogP contribution in [0.25, 0.3) is 0 Å². The number of carbonyl (C=O) groups excluding carboxylic acids is 1.